The average Bonchev–Trinajstić information content (AvgIpc) is 3.90. The third-order valence-electron chi connectivity index (χ3n) is 9.05. The van der Waals surface area contributed by atoms with Gasteiger partial charge in [-0.2, -0.15) is 13.2 Å². The minimum absolute atomic E-state index is 0.0405. The summed E-state index contributed by atoms with van der Waals surface area (Å²) in [6, 6.07) is 9.97. The number of thiazole rings is 1. The maximum atomic E-state index is 15.7. The number of carboxylic acid groups (broad SMARTS) is 2. The number of imidazole rings is 1. The molecule has 1 unspecified atom stereocenters. The third kappa shape index (κ3) is 8.13. The molecule has 1 fully saturated rings. The van der Waals surface area contributed by atoms with Crippen LogP contribution in [0.2, 0.25) is 0 Å². The topological polar surface area (TPSA) is 161 Å². The van der Waals surface area contributed by atoms with E-state index in [1.165, 1.54) is 22.3 Å². The van der Waals surface area contributed by atoms with Crippen molar-refractivity contribution in [2.24, 2.45) is 0 Å². The molecule has 52 heavy (non-hydrogen) atoms. The molecule has 3 aliphatic heterocycles. The molecule has 2 aromatic carbocycles. The number of nitrogens with one attached hydrogen (secondary N) is 1. The Morgan fingerprint density at radius 3 is 2.29 bits per heavy atom. The highest BCUT2D eigenvalue weighted by molar-refractivity contribution is 7.13. The molecule has 3 aliphatic rings. The highest BCUT2D eigenvalue weighted by atomic mass is 32.1. The molecule has 2 aromatic heterocycles. The molecule has 0 spiro atoms. The van der Waals surface area contributed by atoms with Crippen molar-refractivity contribution in [2.45, 2.75) is 44.7 Å². The van der Waals surface area contributed by atoms with Gasteiger partial charge in [-0.1, -0.05) is 24.3 Å². The standard InChI is InChI=1S/C32H32FN7O4S.C2HF3O2/c33-25-15-22(21-5-3-20(4-6-21)16-37-9-11-38(12-10-37)18-27(41)42)14-23-24(25)17-40(31(23)44)29(30(43)36-32-34-7-13-45-32)28-26-2-1-8-39(26)19-35-28;3-2(4,5)1(6)7/h3-7,13-15,19,29H,1-2,8-12,16-18H2,(H,41,42)(H,34,36,43);(H,6,7). The van der Waals surface area contributed by atoms with E-state index in [0.717, 1.165) is 55.8 Å². The first-order valence-electron chi connectivity index (χ1n) is 16.2. The van der Waals surface area contributed by atoms with Crippen LogP contribution >= 0.6 is 11.3 Å². The lowest BCUT2D eigenvalue weighted by atomic mass is 9.99. The van der Waals surface area contributed by atoms with Gasteiger partial charge in [-0.25, -0.2) is 19.2 Å². The van der Waals surface area contributed by atoms with Gasteiger partial charge in [0, 0.05) is 67.7 Å². The van der Waals surface area contributed by atoms with Crippen LogP contribution in [0.1, 0.15) is 45.3 Å². The SMILES string of the molecule is O=C(O)C(F)(F)F.O=C(O)CN1CCN(Cc2ccc(-c3cc(F)c4c(c3)C(=O)N(C(C(=O)Nc3nccs3)c3ncn5c3CCC5)C4)cc2)CC1. The molecule has 7 rings (SSSR count). The number of halogens is 4. The lowest BCUT2D eigenvalue weighted by Gasteiger charge is -2.33. The number of fused-ring (bicyclic) bond motifs is 2. The van der Waals surface area contributed by atoms with E-state index in [0.29, 0.717) is 29.5 Å². The molecule has 2 amide bonds. The van der Waals surface area contributed by atoms with Crippen LogP contribution in [-0.2, 0) is 40.4 Å². The molecule has 0 bridgehead atoms. The van der Waals surface area contributed by atoms with Crippen LogP contribution in [0.5, 0.6) is 0 Å². The number of hydrogen-bond acceptors (Lipinski definition) is 9. The zero-order chi connectivity index (χ0) is 37.2. The van der Waals surface area contributed by atoms with Crippen LogP contribution in [0, 0.1) is 5.82 Å². The molecule has 5 heterocycles. The van der Waals surface area contributed by atoms with Gasteiger partial charge in [0.1, 0.15) is 5.82 Å². The average molecular weight is 744 g/mol. The Morgan fingerprint density at radius 2 is 1.65 bits per heavy atom. The summed E-state index contributed by atoms with van der Waals surface area (Å²) < 4.78 is 49.4. The number of carbonyl (C=O) groups excluding carboxylic acids is 2. The maximum Gasteiger partial charge on any atom is 0.490 e. The molecule has 13 nitrogen and oxygen atoms in total. The predicted molar refractivity (Wildman–Crippen MR) is 179 cm³/mol. The van der Waals surface area contributed by atoms with E-state index < -0.39 is 41.8 Å². The number of hydrogen-bond donors (Lipinski definition) is 3. The van der Waals surface area contributed by atoms with Gasteiger partial charge in [0.2, 0.25) is 0 Å². The van der Waals surface area contributed by atoms with E-state index in [9.17, 15) is 27.6 Å². The monoisotopic (exact) mass is 743 g/mol. The second-order valence-corrected chi connectivity index (χ2v) is 13.4. The quantitative estimate of drug-likeness (QED) is 0.211. The van der Waals surface area contributed by atoms with E-state index in [-0.39, 0.29) is 24.2 Å². The van der Waals surface area contributed by atoms with E-state index in [4.69, 9.17) is 15.0 Å². The Balaban J connectivity index is 0.000000604. The minimum atomic E-state index is -5.08. The number of aliphatic carboxylic acids is 2. The van der Waals surface area contributed by atoms with Crippen molar-refractivity contribution in [3.8, 4) is 11.1 Å². The fraction of sp³-hybridized carbons (Fsp3) is 0.353. The van der Waals surface area contributed by atoms with Crippen LogP contribution in [0.15, 0.2) is 54.3 Å². The van der Waals surface area contributed by atoms with E-state index in [1.807, 2.05) is 33.7 Å². The molecule has 4 aromatic rings. The first-order chi connectivity index (χ1) is 24.8. The number of piperazine rings is 1. The molecule has 1 atom stereocenters. The lowest BCUT2D eigenvalue weighted by molar-refractivity contribution is -0.192. The molecular weight excluding hydrogens is 710 g/mol. The van der Waals surface area contributed by atoms with Crippen LogP contribution in [0.3, 0.4) is 0 Å². The number of rotatable bonds is 9. The number of benzene rings is 2. The van der Waals surface area contributed by atoms with E-state index in [1.54, 1.807) is 24.0 Å². The number of anilines is 1. The van der Waals surface area contributed by atoms with Crippen molar-refractivity contribution < 1.29 is 47.0 Å². The molecule has 0 aliphatic carbocycles. The van der Waals surface area contributed by atoms with Crippen molar-refractivity contribution in [1.29, 1.82) is 0 Å². The third-order valence-corrected chi connectivity index (χ3v) is 9.74. The van der Waals surface area contributed by atoms with Crippen LogP contribution in [0.4, 0.5) is 22.7 Å². The highest BCUT2D eigenvalue weighted by Crippen LogP contribution is 2.38. The fourth-order valence-corrected chi connectivity index (χ4v) is 7.05. The van der Waals surface area contributed by atoms with Gasteiger partial charge in [-0.05, 0) is 41.7 Å². The summed E-state index contributed by atoms with van der Waals surface area (Å²) in [5.74, 6) is -4.90. The summed E-state index contributed by atoms with van der Waals surface area (Å²) in [5, 5.41) is 21.1. The minimum Gasteiger partial charge on any atom is -0.480 e. The van der Waals surface area contributed by atoms with Gasteiger partial charge in [-0.3, -0.25) is 29.5 Å². The predicted octanol–water partition coefficient (Wildman–Crippen LogP) is 4.26. The molecular formula is C34H33F4N7O6S. The van der Waals surface area contributed by atoms with Crippen LogP contribution in [0.25, 0.3) is 11.1 Å². The number of nitrogens with zero attached hydrogens (tertiary/aromatic N) is 6. The molecule has 274 valence electrons. The summed E-state index contributed by atoms with van der Waals surface area (Å²) >= 11 is 1.28. The highest BCUT2D eigenvalue weighted by Gasteiger charge is 2.42. The van der Waals surface area contributed by atoms with Crippen molar-refractivity contribution >= 4 is 40.2 Å². The van der Waals surface area contributed by atoms with Crippen LogP contribution in [-0.4, -0.2) is 102 Å². The van der Waals surface area contributed by atoms with Crippen molar-refractivity contribution in [3.63, 3.8) is 0 Å². The second-order valence-electron chi connectivity index (χ2n) is 12.5. The number of aromatic nitrogens is 3. The lowest BCUT2D eigenvalue weighted by Crippen LogP contribution is -2.47. The number of carboxylic acids is 2. The summed E-state index contributed by atoms with van der Waals surface area (Å²) in [6.45, 7) is 4.55. The van der Waals surface area contributed by atoms with Crippen LogP contribution < -0.4 is 5.32 Å². The Labute approximate surface area is 298 Å². The number of alkyl halides is 3. The smallest absolute Gasteiger partial charge is 0.480 e. The van der Waals surface area contributed by atoms with Gasteiger partial charge in [0.15, 0.2) is 11.2 Å². The Kier molecular flexibility index (Phi) is 10.7. The molecule has 1 saturated heterocycles. The fourth-order valence-electron chi connectivity index (χ4n) is 6.52. The van der Waals surface area contributed by atoms with E-state index in [2.05, 4.69) is 20.2 Å². The van der Waals surface area contributed by atoms with Crippen molar-refractivity contribution in [3.05, 3.63) is 88.2 Å². The number of carbonyl (C=O) groups is 4. The number of amides is 2. The van der Waals surface area contributed by atoms with Gasteiger partial charge in [-0.15, -0.1) is 11.3 Å². The zero-order valence-electron chi connectivity index (χ0n) is 27.5. The number of aryl methyl sites for hydroxylation is 1. The molecule has 18 heteroatoms. The Hall–Kier alpha value is -5.20. The Bertz CT molecular complexity index is 1960. The second kappa shape index (κ2) is 15.2. The first-order valence-corrected chi connectivity index (χ1v) is 17.1. The maximum absolute atomic E-state index is 15.7. The molecule has 0 saturated carbocycles. The van der Waals surface area contributed by atoms with Gasteiger partial charge in [0.25, 0.3) is 11.8 Å². The normalized spacial score (nSPS) is 16.5. The van der Waals surface area contributed by atoms with Crippen molar-refractivity contribution in [2.75, 3.05) is 38.0 Å². The zero-order valence-corrected chi connectivity index (χ0v) is 28.3. The summed E-state index contributed by atoms with van der Waals surface area (Å²) in [5.41, 5.74) is 4.41. The van der Waals surface area contributed by atoms with E-state index >= 15 is 4.39 Å². The first kappa shape index (κ1) is 36.6. The van der Waals surface area contributed by atoms with Gasteiger partial charge < -0.3 is 19.7 Å². The Morgan fingerprint density at radius 1 is 0.962 bits per heavy atom. The summed E-state index contributed by atoms with van der Waals surface area (Å²) in [6.07, 6.45) is -0.105. The summed E-state index contributed by atoms with van der Waals surface area (Å²) in [7, 11) is 0. The van der Waals surface area contributed by atoms with Gasteiger partial charge >= 0.3 is 18.1 Å². The molecule has 3 N–H and O–H groups in total. The van der Waals surface area contributed by atoms with Crippen molar-refractivity contribution in [1.82, 2.24) is 29.2 Å². The molecule has 0 radical (unpaired) electrons. The largest absolute Gasteiger partial charge is 0.490 e. The van der Waals surface area contributed by atoms with Gasteiger partial charge in [0.05, 0.1) is 25.1 Å². The summed E-state index contributed by atoms with van der Waals surface area (Å²) in [4.78, 5) is 61.8.